The first kappa shape index (κ1) is 56.2. The second-order valence-corrected chi connectivity index (χ2v) is 16.3. The van der Waals surface area contributed by atoms with Crippen LogP contribution < -0.4 is 0 Å². The van der Waals surface area contributed by atoms with Crippen LogP contribution >= 0.6 is 0 Å². The fraction of sp³-hybridized carbons (Fsp3) is 0.920. The van der Waals surface area contributed by atoms with Crippen LogP contribution in [0.1, 0.15) is 232 Å². The molecule has 0 radical (unpaired) electrons. The van der Waals surface area contributed by atoms with Gasteiger partial charge in [0.25, 0.3) is 0 Å². The Kier molecular flexibility index (Phi) is 47.2. The Bertz CT molecular complexity index is 734. The number of hydrogen-bond acceptors (Lipinski definition) is 7. The van der Waals surface area contributed by atoms with Crippen LogP contribution in [0.25, 0.3) is 0 Å². The van der Waals surface area contributed by atoms with Gasteiger partial charge in [0.05, 0.1) is 13.2 Å². The lowest BCUT2D eigenvalue weighted by atomic mass is 10.1. The van der Waals surface area contributed by atoms with Crippen LogP contribution in [-0.4, -0.2) is 66.8 Å². The zero-order valence-corrected chi connectivity index (χ0v) is 38.9. The van der Waals surface area contributed by atoms with Gasteiger partial charge in [0.15, 0.2) is 25.2 Å². The average molecular weight is 811 g/mol. The Morgan fingerprint density at radius 1 is 0.333 bits per heavy atom. The summed E-state index contributed by atoms with van der Waals surface area (Å²) in [5.74, 6) is 0. The highest BCUT2D eigenvalue weighted by atomic mass is 16.8. The second-order valence-electron chi connectivity index (χ2n) is 16.3. The topological polar surface area (TPSA) is 64.6 Å². The maximum Gasteiger partial charge on any atom is 0.180 e. The van der Waals surface area contributed by atoms with E-state index in [1.165, 1.54) is 180 Å². The second kappa shape index (κ2) is 47.9. The van der Waals surface area contributed by atoms with Gasteiger partial charge in [-0.1, -0.05) is 180 Å². The summed E-state index contributed by atoms with van der Waals surface area (Å²) in [4.78, 5) is 0. The van der Waals surface area contributed by atoms with Crippen molar-refractivity contribution < 1.29 is 33.2 Å². The minimum absolute atomic E-state index is 0.0433. The monoisotopic (exact) mass is 811 g/mol. The fourth-order valence-corrected chi connectivity index (χ4v) is 7.28. The van der Waals surface area contributed by atoms with Gasteiger partial charge < -0.3 is 33.2 Å². The first-order valence-corrected chi connectivity index (χ1v) is 24.5. The van der Waals surface area contributed by atoms with Crippen LogP contribution in [-0.2, 0) is 33.2 Å². The van der Waals surface area contributed by atoms with E-state index >= 15 is 0 Å². The van der Waals surface area contributed by atoms with Crippen molar-refractivity contribution >= 4 is 0 Å². The lowest BCUT2D eigenvalue weighted by Crippen LogP contribution is -2.25. The van der Waals surface area contributed by atoms with Crippen molar-refractivity contribution in [2.24, 2.45) is 0 Å². The van der Waals surface area contributed by atoms with Gasteiger partial charge in [-0.15, -0.1) is 0 Å². The fourth-order valence-electron chi connectivity index (χ4n) is 7.28. The van der Waals surface area contributed by atoms with E-state index in [1.54, 1.807) is 28.4 Å². The minimum atomic E-state index is -0.371. The van der Waals surface area contributed by atoms with Gasteiger partial charge in [-0.2, -0.15) is 0 Å². The largest absolute Gasteiger partial charge is 0.356 e. The first-order chi connectivity index (χ1) is 28.1. The molecule has 0 spiro atoms. The summed E-state index contributed by atoms with van der Waals surface area (Å²) in [6.07, 6.45) is 50.5. The minimum Gasteiger partial charge on any atom is -0.356 e. The smallest absolute Gasteiger partial charge is 0.180 e. The van der Waals surface area contributed by atoms with Crippen molar-refractivity contribution in [3.63, 3.8) is 0 Å². The van der Waals surface area contributed by atoms with E-state index in [0.29, 0.717) is 0 Å². The molecule has 7 nitrogen and oxygen atoms in total. The van der Waals surface area contributed by atoms with Crippen LogP contribution in [0.2, 0.25) is 0 Å². The van der Waals surface area contributed by atoms with Gasteiger partial charge >= 0.3 is 0 Å². The number of rotatable bonds is 48. The molecule has 0 N–H and O–H groups in total. The molecule has 0 bridgehead atoms. The van der Waals surface area contributed by atoms with Crippen molar-refractivity contribution in [2.75, 3.05) is 41.7 Å². The molecule has 0 fully saturated rings. The Morgan fingerprint density at radius 2 is 0.614 bits per heavy atom. The molecule has 0 aliphatic rings. The van der Waals surface area contributed by atoms with E-state index in [0.717, 1.165) is 51.7 Å². The predicted octanol–water partition coefficient (Wildman–Crippen LogP) is 15.3. The Hall–Kier alpha value is -0.800. The standard InChI is InChI=1S/C50H98O7/c1-7-9-11-13-33-39-45-55-49(43-37-31-27-23-19-15-17-21-25-29-35-41-47(51-3)52-4)57-50(56-46-40-34-14-12-10-8-2)44-38-32-28-24-20-16-18-22-26-30-36-42-48(53-5)54-6/h37-38,43-44,47-50H,7-36,39-42,45-46H2,1-6H3. The van der Waals surface area contributed by atoms with Crippen molar-refractivity contribution in [1.82, 2.24) is 0 Å². The number of allylic oxidation sites excluding steroid dienone is 2. The van der Waals surface area contributed by atoms with E-state index in [1.807, 2.05) is 0 Å². The highest BCUT2D eigenvalue weighted by Gasteiger charge is 2.14. The highest BCUT2D eigenvalue weighted by molar-refractivity contribution is 4.90. The lowest BCUT2D eigenvalue weighted by Gasteiger charge is -2.22. The number of hydrogen-bond donors (Lipinski definition) is 0. The summed E-state index contributed by atoms with van der Waals surface area (Å²) < 4.78 is 40.4. The summed E-state index contributed by atoms with van der Waals surface area (Å²) in [5, 5.41) is 0. The molecule has 0 amide bonds. The molecule has 0 saturated heterocycles. The van der Waals surface area contributed by atoms with Crippen LogP contribution in [0.5, 0.6) is 0 Å². The third-order valence-corrected chi connectivity index (χ3v) is 11.1. The van der Waals surface area contributed by atoms with Gasteiger partial charge in [-0.05, 0) is 76.4 Å². The van der Waals surface area contributed by atoms with E-state index in [-0.39, 0.29) is 25.2 Å². The third kappa shape index (κ3) is 41.7. The molecular formula is C50H98O7. The van der Waals surface area contributed by atoms with Gasteiger partial charge in [-0.25, -0.2) is 0 Å². The molecule has 7 heteroatoms. The number of ether oxygens (including phenoxy) is 7. The molecule has 0 aliphatic heterocycles. The molecule has 2 atom stereocenters. The van der Waals surface area contributed by atoms with Crippen LogP contribution in [0.3, 0.4) is 0 Å². The third-order valence-electron chi connectivity index (χ3n) is 11.1. The molecule has 0 aromatic rings. The summed E-state index contributed by atoms with van der Waals surface area (Å²) >= 11 is 0. The van der Waals surface area contributed by atoms with E-state index in [9.17, 15) is 0 Å². The van der Waals surface area contributed by atoms with Crippen molar-refractivity contribution in [1.29, 1.82) is 0 Å². The Morgan fingerprint density at radius 3 is 0.930 bits per heavy atom. The molecule has 57 heavy (non-hydrogen) atoms. The van der Waals surface area contributed by atoms with Gasteiger partial charge in [-0.3, -0.25) is 0 Å². The molecule has 0 heterocycles. The molecule has 0 rings (SSSR count). The van der Waals surface area contributed by atoms with E-state index in [4.69, 9.17) is 33.2 Å². The van der Waals surface area contributed by atoms with Gasteiger partial charge in [0.1, 0.15) is 0 Å². The number of unbranched alkanes of at least 4 members (excludes halogenated alkanes) is 28. The molecule has 0 saturated carbocycles. The highest BCUT2D eigenvalue weighted by Crippen LogP contribution is 2.17. The molecule has 0 aromatic heterocycles. The maximum atomic E-state index is 6.55. The number of methoxy groups -OCH3 is 4. The lowest BCUT2D eigenvalue weighted by molar-refractivity contribution is -0.208. The molecular weight excluding hydrogens is 713 g/mol. The summed E-state index contributed by atoms with van der Waals surface area (Å²) in [5.41, 5.74) is 0. The van der Waals surface area contributed by atoms with Crippen molar-refractivity contribution in [3.8, 4) is 0 Å². The summed E-state index contributed by atoms with van der Waals surface area (Å²) in [6.45, 7) is 6.01. The predicted molar refractivity (Wildman–Crippen MR) is 243 cm³/mol. The zero-order valence-electron chi connectivity index (χ0n) is 38.9. The quantitative estimate of drug-likeness (QED) is 0.0344. The molecule has 340 valence electrons. The zero-order chi connectivity index (χ0) is 41.5. The Balaban J connectivity index is 4.76. The maximum absolute atomic E-state index is 6.55. The van der Waals surface area contributed by atoms with Crippen LogP contribution in [0.15, 0.2) is 24.3 Å². The first-order valence-electron chi connectivity index (χ1n) is 24.5. The normalized spacial score (nSPS) is 13.3. The Labute approximate surface area is 355 Å². The van der Waals surface area contributed by atoms with Crippen LogP contribution in [0, 0.1) is 0 Å². The molecule has 0 aliphatic carbocycles. The summed E-state index contributed by atoms with van der Waals surface area (Å²) in [6, 6.07) is 0. The van der Waals surface area contributed by atoms with Gasteiger partial charge in [0.2, 0.25) is 0 Å². The summed E-state index contributed by atoms with van der Waals surface area (Å²) in [7, 11) is 6.89. The average Bonchev–Trinajstić information content (AvgIpc) is 3.23. The van der Waals surface area contributed by atoms with Gasteiger partial charge in [0, 0.05) is 28.4 Å². The molecule has 2 unspecified atom stereocenters. The van der Waals surface area contributed by atoms with Crippen molar-refractivity contribution in [3.05, 3.63) is 24.3 Å². The van der Waals surface area contributed by atoms with Crippen LogP contribution in [0.4, 0.5) is 0 Å². The van der Waals surface area contributed by atoms with E-state index in [2.05, 4.69) is 38.2 Å². The van der Waals surface area contributed by atoms with Crippen molar-refractivity contribution in [2.45, 2.75) is 257 Å². The SMILES string of the molecule is CCCCCCCCOC(C=CCCCCCCCCCCCC(OC)OC)OC(C=CCCCCCCCCCCCC(OC)OC)OCCCCCCCC. The molecule has 0 aromatic carbocycles. The van der Waals surface area contributed by atoms with E-state index < -0.39 is 0 Å².